The first-order chi connectivity index (χ1) is 22.2. The molecule has 13 heteroatoms. The second kappa shape index (κ2) is 12.5. The first-order valence-electron chi connectivity index (χ1n) is 14.1. The van der Waals surface area contributed by atoms with E-state index in [0.29, 0.717) is 27.9 Å². The van der Waals surface area contributed by atoms with Crippen LogP contribution in [0.15, 0.2) is 80.8 Å². The van der Waals surface area contributed by atoms with Gasteiger partial charge < -0.3 is 9.47 Å². The molecule has 0 amide bonds. The minimum atomic E-state index is -0.788. The van der Waals surface area contributed by atoms with Crippen LogP contribution in [0.2, 0.25) is 0 Å². The third-order valence-corrected chi connectivity index (χ3v) is 8.81. The number of fused-ring (bicyclic) bond motifs is 1. The number of methoxy groups -OCH3 is 2. The summed E-state index contributed by atoms with van der Waals surface area (Å²) in [6.07, 6.45) is 0.591. The van der Waals surface area contributed by atoms with Gasteiger partial charge in [-0.05, 0) is 47.9 Å². The van der Waals surface area contributed by atoms with Gasteiger partial charge in [0.25, 0.3) is 5.56 Å². The Morgan fingerprint density at radius 2 is 1.72 bits per heavy atom. The number of aryl methyl sites for hydroxylation is 1. The van der Waals surface area contributed by atoms with E-state index in [9.17, 15) is 18.8 Å². The molecule has 0 unspecified atom stereocenters. The number of halogens is 2. The largest absolute Gasteiger partial charge is 0.494 e. The van der Waals surface area contributed by atoms with Crippen molar-refractivity contribution in [3.8, 4) is 34.3 Å². The Kier molecular flexibility index (Phi) is 8.33. The van der Waals surface area contributed by atoms with E-state index in [1.165, 1.54) is 48.3 Å². The molecule has 0 atom stereocenters. The first kappa shape index (κ1) is 30.6. The van der Waals surface area contributed by atoms with E-state index in [-0.39, 0.29) is 40.7 Å². The highest BCUT2D eigenvalue weighted by Crippen LogP contribution is 2.32. The van der Waals surface area contributed by atoms with Crippen molar-refractivity contribution in [3.05, 3.63) is 115 Å². The van der Waals surface area contributed by atoms with Gasteiger partial charge in [-0.1, -0.05) is 48.5 Å². The van der Waals surface area contributed by atoms with Crippen LogP contribution in [0.4, 0.5) is 8.78 Å². The Balaban J connectivity index is 1.39. The van der Waals surface area contributed by atoms with Gasteiger partial charge in [0.2, 0.25) is 5.82 Å². The van der Waals surface area contributed by atoms with Crippen molar-refractivity contribution in [2.24, 2.45) is 0 Å². The number of thiophene rings is 1. The zero-order valence-corrected chi connectivity index (χ0v) is 25.7. The number of nitrogens with zero attached hydrogens (tertiary/aromatic N) is 4. The molecule has 0 bridgehead atoms. The Morgan fingerprint density at radius 1 is 0.935 bits per heavy atom. The van der Waals surface area contributed by atoms with E-state index in [1.807, 2.05) is 6.92 Å². The maximum Gasteiger partial charge on any atom is 0.417 e. The number of Topliss-reactive ketones (excluding diaryl/α,β-unsaturated/α-hetero) is 1. The van der Waals surface area contributed by atoms with Gasteiger partial charge in [0, 0.05) is 21.6 Å². The summed E-state index contributed by atoms with van der Waals surface area (Å²) in [5.74, 6) is -1.77. The monoisotopic (exact) mass is 644 g/mol. The van der Waals surface area contributed by atoms with Gasteiger partial charge in [0.05, 0.1) is 32.7 Å². The van der Waals surface area contributed by atoms with Gasteiger partial charge in [-0.3, -0.25) is 23.2 Å². The Bertz CT molecular complexity index is 2240. The Morgan fingerprint density at radius 3 is 2.39 bits per heavy atom. The molecule has 0 aliphatic carbocycles. The molecular weight excluding hydrogens is 618 g/mol. The van der Waals surface area contributed by atoms with Crippen LogP contribution in [0, 0.1) is 11.6 Å². The lowest BCUT2D eigenvalue weighted by atomic mass is 9.98. The van der Waals surface area contributed by atoms with Crippen LogP contribution < -0.4 is 20.7 Å². The summed E-state index contributed by atoms with van der Waals surface area (Å²) in [7, 11) is 2.70. The number of hydrogen-bond donors (Lipinski definition) is 0. The van der Waals surface area contributed by atoms with E-state index in [0.717, 1.165) is 15.5 Å². The van der Waals surface area contributed by atoms with Crippen molar-refractivity contribution in [1.82, 2.24) is 19.3 Å². The van der Waals surface area contributed by atoms with E-state index in [2.05, 4.69) is 10.1 Å². The van der Waals surface area contributed by atoms with Crippen molar-refractivity contribution in [2.45, 2.75) is 26.4 Å². The number of benzene rings is 3. The molecular formula is C33H26F2N4O6S. The number of ether oxygens (including phenoxy) is 2. The molecule has 0 aliphatic rings. The van der Waals surface area contributed by atoms with Crippen molar-refractivity contribution in [2.75, 3.05) is 14.2 Å². The second-order valence-corrected chi connectivity index (χ2v) is 11.4. The summed E-state index contributed by atoms with van der Waals surface area (Å²) >= 11 is 1.26. The summed E-state index contributed by atoms with van der Waals surface area (Å²) in [6, 6.07) is 17.1. The maximum atomic E-state index is 15.8. The molecule has 6 aromatic rings. The SMILES string of the molecule is CCc1cc2c(=O)n(CC(=O)c3ccc(OC)c(F)c3)c(=O)n(Cc3ccc(-c4ccccc4-c4noc(OC)n4)cc3F)c2s1. The van der Waals surface area contributed by atoms with Crippen LogP contribution in [-0.2, 0) is 19.5 Å². The van der Waals surface area contributed by atoms with Gasteiger partial charge in [0.1, 0.15) is 10.6 Å². The quantitative estimate of drug-likeness (QED) is 0.174. The zero-order chi connectivity index (χ0) is 32.5. The summed E-state index contributed by atoms with van der Waals surface area (Å²) in [4.78, 5) is 45.8. The first-order valence-corrected chi connectivity index (χ1v) is 14.9. The third-order valence-electron chi connectivity index (χ3n) is 7.51. The van der Waals surface area contributed by atoms with Crippen LogP contribution in [0.3, 0.4) is 0 Å². The fourth-order valence-corrected chi connectivity index (χ4v) is 6.20. The molecule has 6 rings (SSSR count). The van der Waals surface area contributed by atoms with Gasteiger partial charge in [-0.25, -0.2) is 13.6 Å². The molecule has 0 fully saturated rings. The van der Waals surface area contributed by atoms with E-state index in [4.69, 9.17) is 14.0 Å². The third kappa shape index (κ3) is 5.60. The van der Waals surface area contributed by atoms with Crippen molar-refractivity contribution in [3.63, 3.8) is 0 Å². The minimum absolute atomic E-state index is 0.0119. The molecule has 0 saturated heterocycles. The van der Waals surface area contributed by atoms with Crippen molar-refractivity contribution in [1.29, 1.82) is 0 Å². The van der Waals surface area contributed by atoms with Crippen LogP contribution in [0.1, 0.15) is 27.7 Å². The average molecular weight is 645 g/mol. The number of hydrogen-bond acceptors (Lipinski definition) is 9. The van der Waals surface area contributed by atoms with E-state index >= 15 is 4.39 Å². The average Bonchev–Trinajstić information content (AvgIpc) is 3.73. The highest BCUT2D eigenvalue weighted by molar-refractivity contribution is 7.18. The molecule has 0 saturated carbocycles. The van der Waals surface area contributed by atoms with Crippen LogP contribution in [0.5, 0.6) is 11.8 Å². The summed E-state index contributed by atoms with van der Waals surface area (Å²) in [5.41, 5.74) is 0.486. The topological polar surface area (TPSA) is 118 Å². The maximum absolute atomic E-state index is 15.8. The normalized spacial score (nSPS) is 11.2. The number of rotatable bonds is 10. The fraction of sp³-hybridized carbons (Fsp3) is 0.182. The second-order valence-electron chi connectivity index (χ2n) is 10.3. The predicted molar refractivity (Wildman–Crippen MR) is 168 cm³/mol. The molecule has 3 heterocycles. The van der Waals surface area contributed by atoms with Gasteiger partial charge in [-0.2, -0.15) is 4.98 Å². The van der Waals surface area contributed by atoms with Crippen molar-refractivity contribution < 1.29 is 27.6 Å². The van der Waals surface area contributed by atoms with Crippen molar-refractivity contribution >= 4 is 27.3 Å². The number of carbonyl (C=O) groups is 1. The standard InChI is InChI=1S/C33H26F2N4O6S/c1-4-21-15-24-30(41)38(17-27(40)19-11-12-28(43-2)26(35)14-19)33(42)39(31(24)46-21)16-20-10-9-18(13-25(20)34)22-7-5-6-8-23(22)29-36-32(44-3)45-37-29/h5-15H,4,16-17H2,1-3H3. The molecule has 0 aliphatic heterocycles. The van der Waals surface area contributed by atoms with E-state index in [1.54, 1.807) is 42.5 Å². The van der Waals surface area contributed by atoms with Crippen LogP contribution in [-0.4, -0.2) is 39.3 Å². The highest BCUT2D eigenvalue weighted by Gasteiger charge is 2.21. The number of aromatic nitrogens is 4. The molecule has 0 spiro atoms. The molecule has 10 nitrogen and oxygen atoms in total. The molecule has 3 aromatic heterocycles. The highest BCUT2D eigenvalue weighted by atomic mass is 32.1. The lowest BCUT2D eigenvalue weighted by Gasteiger charge is -2.14. The summed E-state index contributed by atoms with van der Waals surface area (Å²) < 4.78 is 47.1. The van der Waals surface area contributed by atoms with E-state index < -0.39 is 35.2 Å². The number of carbonyl (C=O) groups excluding carboxylic acids is 1. The molecule has 234 valence electrons. The fourth-order valence-electron chi connectivity index (χ4n) is 5.12. The molecule has 0 radical (unpaired) electrons. The molecule has 46 heavy (non-hydrogen) atoms. The molecule has 3 aromatic carbocycles. The van der Waals surface area contributed by atoms with Crippen LogP contribution in [0.25, 0.3) is 32.7 Å². The Labute approximate surface area is 264 Å². The summed E-state index contributed by atoms with van der Waals surface area (Å²) in [5, 5.41) is 4.17. The Hall–Kier alpha value is -5.43. The lowest BCUT2D eigenvalue weighted by molar-refractivity contribution is 0.0968. The van der Waals surface area contributed by atoms with Crippen LogP contribution >= 0.6 is 11.3 Å². The van der Waals surface area contributed by atoms with Gasteiger partial charge in [0.15, 0.2) is 17.3 Å². The minimum Gasteiger partial charge on any atom is -0.494 e. The predicted octanol–water partition coefficient (Wildman–Crippen LogP) is 5.73. The zero-order valence-electron chi connectivity index (χ0n) is 24.9. The lowest BCUT2D eigenvalue weighted by Crippen LogP contribution is -2.41. The summed E-state index contributed by atoms with van der Waals surface area (Å²) in [6.45, 7) is 1.07. The smallest absolute Gasteiger partial charge is 0.417 e. The number of ketones is 1. The van der Waals surface area contributed by atoms with Gasteiger partial charge in [-0.15, -0.1) is 11.3 Å². The molecule has 0 N–H and O–H groups in total. The van der Waals surface area contributed by atoms with Gasteiger partial charge >= 0.3 is 11.8 Å².